The molecule has 3 heteroatoms. The Morgan fingerprint density at radius 3 is 2.68 bits per heavy atom. The molecule has 0 bridgehead atoms. The van der Waals surface area contributed by atoms with Gasteiger partial charge >= 0.3 is 0 Å². The highest BCUT2D eigenvalue weighted by molar-refractivity contribution is 5.97. The Balaban J connectivity index is 1.74. The van der Waals surface area contributed by atoms with Gasteiger partial charge in [-0.25, -0.2) is 0 Å². The van der Waals surface area contributed by atoms with Gasteiger partial charge in [0.1, 0.15) is 5.78 Å². The van der Waals surface area contributed by atoms with Crippen molar-refractivity contribution in [1.29, 1.82) is 0 Å². The molecule has 0 spiro atoms. The van der Waals surface area contributed by atoms with E-state index >= 15 is 0 Å². The Hall–Kier alpha value is -0.960. The molecule has 120 valence electrons. The normalized spacial score (nSPS) is 53.9. The molecular weight excluding hydrogens is 276 g/mol. The van der Waals surface area contributed by atoms with Crippen LogP contribution in [0.2, 0.25) is 0 Å². The molecular formula is C19H26O3. The molecule has 0 saturated heterocycles. The average molecular weight is 302 g/mol. The second kappa shape index (κ2) is 4.31. The molecule has 0 radical (unpaired) electrons. The Bertz CT molecular complexity index is 579. The van der Waals surface area contributed by atoms with Gasteiger partial charge in [-0.2, -0.15) is 0 Å². The second-order valence-corrected chi connectivity index (χ2v) is 8.63. The maximum Gasteiger partial charge on any atom is 0.161 e. The molecule has 0 heterocycles. The fraction of sp³-hybridized carbons (Fsp3) is 0.789. The molecule has 3 nitrogen and oxygen atoms in total. The van der Waals surface area contributed by atoms with E-state index in [0.29, 0.717) is 31.0 Å². The first-order valence-corrected chi connectivity index (χ1v) is 8.78. The van der Waals surface area contributed by atoms with E-state index < -0.39 is 5.60 Å². The molecule has 4 rings (SSSR count). The van der Waals surface area contributed by atoms with Gasteiger partial charge in [0.2, 0.25) is 0 Å². The molecule has 4 aliphatic rings. The van der Waals surface area contributed by atoms with Crippen LogP contribution in [0, 0.1) is 28.6 Å². The van der Waals surface area contributed by atoms with Crippen LogP contribution in [0.5, 0.6) is 0 Å². The van der Waals surface area contributed by atoms with E-state index in [2.05, 4.69) is 19.9 Å². The summed E-state index contributed by atoms with van der Waals surface area (Å²) in [5.74, 6) is 1.27. The number of allylic oxidation sites excluding steroid dienone is 2. The minimum Gasteiger partial charge on any atom is -0.389 e. The van der Waals surface area contributed by atoms with Gasteiger partial charge in [-0.15, -0.1) is 0 Å². The molecule has 0 aromatic heterocycles. The van der Waals surface area contributed by atoms with E-state index in [-0.39, 0.29) is 28.4 Å². The van der Waals surface area contributed by atoms with Crippen LogP contribution in [-0.4, -0.2) is 22.3 Å². The first-order chi connectivity index (χ1) is 10.3. The summed E-state index contributed by atoms with van der Waals surface area (Å²) < 4.78 is 0. The highest BCUT2D eigenvalue weighted by Gasteiger charge is 2.66. The third-order valence-corrected chi connectivity index (χ3v) is 7.94. The first kappa shape index (κ1) is 14.6. The molecule has 3 fully saturated rings. The van der Waals surface area contributed by atoms with Crippen molar-refractivity contribution in [3.8, 4) is 0 Å². The molecule has 0 aliphatic heterocycles. The summed E-state index contributed by atoms with van der Waals surface area (Å²) in [6, 6.07) is 0. The van der Waals surface area contributed by atoms with Gasteiger partial charge in [-0.05, 0) is 55.9 Å². The van der Waals surface area contributed by atoms with E-state index in [9.17, 15) is 14.7 Å². The Labute approximate surface area is 132 Å². The van der Waals surface area contributed by atoms with Crippen molar-refractivity contribution in [2.24, 2.45) is 28.6 Å². The van der Waals surface area contributed by atoms with E-state index in [4.69, 9.17) is 0 Å². The predicted molar refractivity (Wildman–Crippen MR) is 83.1 cm³/mol. The van der Waals surface area contributed by atoms with E-state index in [1.54, 1.807) is 6.08 Å². The fourth-order valence-corrected chi connectivity index (χ4v) is 6.26. The zero-order chi connectivity index (χ0) is 15.8. The van der Waals surface area contributed by atoms with Crippen LogP contribution in [0.15, 0.2) is 12.2 Å². The highest BCUT2D eigenvalue weighted by atomic mass is 16.3. The summed E-state index contributed by atoms with van der Waals surface area (Å²) in [4.78, 5) is 24.2. The molecule has 0 aromatic rings. The number of carbonyl (C=O) groups excluding carboxylic acids is 2. The minimum absolute atomic E-state index is 0.162. The summed E-state index contributed by atoms with van der Waals surface area (Å²) in [7, 11) is 0. The summed E-state index contributed by atoms with van der Waals surface area (Å²) in [5.41, 5.74) is -1.18. The SMILES string of the molecule is C[C@]12CCC(=O)CC1CC[C@H]1[C@@H]3C=CC(=O)[C@@]3(C)CC[C@@]12O. The minimum atomic E-state index is -0.713. The number of carbonyl (C=O) groups is 2. The number of aliphatic hydroxyl groups is 1. The summed E-state index contributed by atoms with van der Waals surface area (Å²) >= 11 is 0. The van der Waals surface area contributed by atoms with Crippen molar-refractivity contribution in [3.63, 3.8) is 0 Å². The lowest BCUT2D eigenvalue weighted by atomic mass is 9.43. The van der Waals surface area contributed by atoms with Crippen molar-refractivity contribution in [3.05, 3.63) is 12.2 Å². The van der Waals surface area contributed by atoms with Gasteiger partial charge in [0, 0.05) is 23.7 Å². The number of Topliss-reactive ketones (excluding diaryl/α,β-unsaturated/α-hetero) is 1. The number of hydrogen-bond acceptors (Lipinski definition) is 3. The van der Waals surface area contributed by atoms with Gasteiger partial charge in [-0.1, -0.05) is 19.9 Å². The van der Waals surface area contributed by atoms with Gasteiger partial charge in [-0.3, -0.25) is 9.59 Å². The van der Waals surface area contributed by atoms with Crippen molar-refractivity contribution < 1.29 is 14.7 Å². The highest BCUT2D eigenvalue weighted by Crippen LogP contribution is 2.65. The molecule has 0 amide bonds. The van der Waals surface area contributed by atoms with Crippen LogP contribution < -0.4 is 0 Å². The molecule has 6 atom stereocenters. The average Bonchev–Trinajstić information content (AvgIpc) is 2.77. The summed E-state index contributed by atoms with van der Waals surface area (Å²) in [6.07, 6.45) is 9.31. The van der Waals surface area contributed by atoms with Gasteiger partial charge in [0.05, 0.1) is 5.60 Å². The topological polar surface area (TPSA) is 54.4 Å². The van der Waals surface area contributed by atoms with Crippen molar-refractivity contribution in [2.45, 2.75) is 64.4 Å². The Morgan fingerprint density at radius 2 is 1.91 bits per heavy atom. The van der Waals surface area contributed by atoms with Crippen LogP contribution in [0.4, 0.5) is 0 Å². The van der Waals surface area contributed by atoms with Crippen LogP contribution >= 0.6 is 0 Å². The van der Waals surface area contributed by atoms with Crippen LogP contribution in [0.1, 0.15) is 58.8 Å². The van der Waals surface area contributed by atoms with Crippen LogP contribution in [-0.2, 0) is 9.59 Å². The van der Waals surface area contributed by atoms with Crippen molar-refractivity contribution in [1.82, 2.24) is 0 Å². The molecule has 4 aliphatic carbocycles. The zero-order valence-corrected chi connectivity index (χ0v) is 13.6. The van der Waals surface area contributed by atoms with E-state index in [1.807, 2.05) is 0 Å². The lowest BCUT2D eigenvalue weighted by Crippen LogP contribution is -2.65. The quantitative estimate of drug-likeness (QED) is 0.748. The Morgan fingerprint density at radius 1 is 1.14 bits per heavy atom. The number of fused-ring (bicyclic) bond motifs is 5. The molecule has 1 unspecified atom stereocenters. The maximum absolute atomic E-state index is 12.3. The lowest BCUT2D eigenvalue weighted by Gasteiger charge is -2.63. The maximum atomic E-state index is 12.3. The standard InChI is InChI=1S/C19H26O3/c1-17-9-10-19(22)15(14(17)5-6-16(17)21)4-3-12-11-13(20)7-8-18(12,19)2/h5-6,12,14-15,22H,3-4,7-11H2,1-2H3/t12?,14-,15-,17-,18-,19+/m0/s1. The van der Waals surface area contributed by atoms with Gasteiger partial charge in [0.15, 0.2) is 5.78 Å². The largest absolute Gasteiger partial charge is 0.389 e. The number of ketones is 2. The molecule has 0 aromatic carbocycles. The van der Waals surface area contributed by atoms with Crippen molar-refractivity contribution >= 4 is 11.6 Å². The smallest absolute Gasteiger partial charge is 0.161 e. The lowest BCUT2D eigenvalue weighted by molar-refractivity contribution is -0.224. The van der Waals surface area contributed by atoms with Crippen LogP contribution in [0.25, 0.3) is 0 Å². The third kappa shape index (κ3) is 1.56. The third-order valence-electron chi connectivity index (χ3n) is 7.94. The van der Waals surface area contributed by atoms with E-state index in [0.717, 1.165) is 25.7 Å². The monoisotopic (exact) mass is 302 g/mol. The molecule has 1 N–H and O–H groups in total. The molecule has 3 saturated carbocycles. The van der Waals surface area contributed by atoms with Crippen LogP contribution in [0.3, 0.4) is 0 Å². The first-order valence-electron chi connectivity index (χ1n) is 8.78. The van der Waals surface area contributed by atoms with Gasteiger partial charge in [0.25, 0.3) is 0 Å². The van der Waals surface area contributed by atoms with Crippen molar-refractivity contribution in [2.75, 3.05) is 0 Å². The zero-order valence-electron chi connectivity index (χ0n) is 13.6. The second-order valence-electron chi connectivity index (χ2n) is 8.63. The number of rotatable bonds is 0. The Kier molecular flexibility index (Phi) is 2.87. The van der Waals surface area contributed by atoms with Gasteiger partial charge < -0.3 is 5.11 Å². The van der Waals surface area contributed by atoms with E-state index in [1.165, 1.54) is 0 Å². The summed E-state index contributed by atoms with van der Waals surface area (Å²) in [6.45, 7) is 4.29. The predicted octanol–water partition coefficient (Wildman–Crippen LogP) is 3.06. The summed E-state index contributed by atoms with van der Waals surface area (Å²) in [5, 5.41) is 11.7. The number of hydrogen-bond donors (Lipinski definition) is 1. The molecule has 22 heavy (non-hydrogen) atoms. The fourth-order valence-electron chi connectivity index (χ4n) is 6.26.